The molecule has 1 atom stereocenters. The van der Waals surface area contributed by atoms with Crippen LogP contribution in [-0.2, 0) is 17.6 Å². The molecular formula is C13H13NO3S2. The zero-order valence-corrected chi connectivity index (χ0v) is 11.9. The van der Waals surface area contributed by atoms with Crippen LogP contribution in [-0.4, -0.2) is 34.6 Å². The van der Waals surface area contributed by atoms with Crippen molar-refractivity contribution in [3.05, 3.63) is 16.0 Å². The van der Waals surface area contributed by atoms with Crippen LogP contribution in [0, 0.1) is 5.92 Å². The van der Waals surface area contributed by atoms with E-state index in [1.54, 1.807) is 17.6 Å². The number of aliphatic carboxylic acids is 1. The Balaban J connectivity index is 1.77. The van der Waals surface area contributed by atoms with E-state index in [1.165, 1.54) is 22.2 Å². The maximum Gasteiger partial charge on any atom is 0.313 e. The van der Waals surface area contributed by atoms with Crippen LogP contribution in [0.2, 0.25) is 0 Å². The highest BCUT2D eigenvalue weighted by molar-refractivity contribution is 7.99. The Morgan fingerprint density at radius 1 is 1.53 bits per heavy atom. The molecule has 1 N–H and O–H groups in total. The van der Waals surface area contributed by atoms with Crippen molar-refractivity contribution in [3.63, 3.8) is 0 Å². The Morgan fingerprint density at radius 3 is 3.16 bits per heavy atom. The van der Waals surface area contributed by atoms with E-state index in [4.69, 9.17) is 5.11 Å². The van der Waals surface area contributed by atoms with E-state index in [0.29, 0.717) is 5.75 Å². The molecule has 100 valence electrons. The summed E-state index contributed by atoms with van der Waals surface area (Å²) < 4.78 is 0. The van der Waals surface area contributed by atoms with Crippen molar-refractivity contribution in [1.82, 2.24) is 0 Å². The minimum Gasteiger partial charge on any atom is -0.481 e. The first kappa shape index (κ1) is 12.9. The number of thiophene rings is 1. The molecule has 3 rings (SSSR count). The molecule has 2 aliphatic rings. The first-order valence-electron chi connectivity index (χ1n) is 6.19. The lowest BCUT2D eigenvalue weighted by atomic mass is 9.96. The molecule has 1 aromatic heterocycles. The number of aliphatic imine (C=N–C) groups is 1. The topological polar surface area (TPSA) is 66.7 Å². The summed E-state index contributed by atoms with van der Waals surface area (Å²) in [6.45, 7) is 0. The van der Waals surface area contributed by atoms with Crippen LogP contribution >= 0.6 is 23.1 Å². The summed E-state index contributed by atoms with van der Waals surface area (Å²) in [5.41, 5.74) is 2.02. The Morgan fingerprint density at radius 2 is 2.37 bits per heavy atom. The molecule has 0 aromatic carbocycles. The van der Waals surface area contributed by atoms with Gasteiger partial charge in [0.15, 0.2) is 5.78 Å². The SMILES string of the molecule is O=C(O)CSCC1C=Nc2sc3c(c2C1=O)CCC3. The van der Waals surface area contributed by atoms with Gasteiger partial charge in [0.2, 0.25) is 0 Å². The predicted molar refractivity (Wildman–Crippen MR) is 77.3 cm³/mol. The summed E-state index contributed by atoms with van der Waals surface area (Å²) in [6, 6.07) is 0. The molecule has 0 fully saturated rings. The fraction of sp³-hybridized carbons (Fsp3) is 0.462. The molecule has 1 unspecified atom stereocenters. The average molecular weight is 295 g/mol. The number of carboxylic acids is 1. The number of ketones is 1. The van der Waals surface area contributed by atoms with Crippen LogP contribution in [0.25, 0.3) is 0 Å². The number of aryl methyl sites for hydroxylation is 1. The molecule has 1 aliphatic heterocycles. The Kier molecular flexibility index (Phi) is 3.45. The van der Waals surface area contributed by atoms with Gasteiger partial charge in [-0.1, -0.05) is 0 Å². The van der Waals surface area contributed by atoms with Gasteiger partial charge in [0.25, 0.3) is 0 Å². The van der Waals surface area contributed by atoms with Gasteiger partial charge >= 0.3 is 5.97 Å². The number of thioether (sulfide) groups is 1. The average Bonchev–Trinajstić information content (AvgIpc) is 2.91. The molecule has 0 radical (unpaired) electrons. The van der Waals surface area contributed by atoms with Crippen LogP contribution in [0.5, 0.6) is 0 Å². The smallest absolute Gasteiger partial charge is 0.313 e. The van der Waals surface area contributed by atoms with Crippen LogP contribution < -0.4 is 0 Å². The zero-order valence-electron chi connectivity index (χ0n) is 10.2. The predicted octanol–water partition coefficient (Wildman–Crippen LogP) is 2.57. The quantitative estimate of drug-likeness (QED) is 0.927. The van der Waals surface area contributed by atoms with E-state index in [2.05, 4.69) is 4.99 Å². The Hall–Kier alpha value is -1.14. The van der Waals surface area contributed by atoms with Crippen molar-refractivity contribution < 1.29 is 14.7 Å². The summed E-state index contributed by atoms with van der Waals surface area (Å²) in [7, 11) is 0. The monoisotopic (exact) mass is 295 g/mol. The number of Topliss-reactive ketones (excluding diaryl/α,β-unsaturated/α-hetero) is 1. The van der Waals surface area contributed by atoms with Gasteiger partial charge in [0.05, 0.1) is 17.2 Å². The number of carbonyl (C=O) groups excluding carboxylic acids is 1. The molecule has 4 nitrogen and oxygen atoms in total. The summed E-state index contributed by atoms with van der Waals surface area (Å²) >= 11 is 2.91. The number of hydrogen-bond donors (Lipinski definition) is 1. The third-order valence-corrected chi connectivity index (χ3v) is 5.63. The highest BCUT2D eigenvalue weighted by atomic mass is 32.2. The second-order valence-electron chi connectivity index (χ2n) is 4.70. The zero-order chi connectivity index (χ0) is 13.4. The Bertz CT molecular complexity index is 577. The van der Waals surface area contributed by atoms with Gasteiger partial charge in [-0.25, -0.2) is 4.99 Å². The van der Waals surface area contributed by atoms with Gasteiger partial charge in [-0.3, -0.25) is 9.59 Å². The number of nitrogens with zero attached hydrogens (tertiary/aromatic N) is 1. The second-order valence-corrected chi connectivity index (χ2v) is 6.81. The van der Waals surface area contributed by atoms with Crippen LogP contribution in [0.15, 0.2) is 4.99 Å². The summed E-state index contributed by atoms with van der Waals surface area (Å²) in [5.74, 6) is -0.453. The second kappa shape index (κ2) is 5.09. The number of fused-ring (bicyclic) bond motifs is 3. The molecule has 0 saturated carbocycles. The van der Waals surface area contributed by atoms with Gasteiger partial charge in [-0.2, -0.15) is 0 Å². The number of carbonyl (C=O) groups is 2. The van der Waals surface area contributed by atoms with Crippen molar-refractivity contribution in [2.45, 2.75) is 19.3 Å². The van der Waals surface area contributed by atoms with Gasteiger partial charge in [0, 0.05) is 16.8 Å². The van der Waals surface area contributed by atoms with Crippen LogP contribution in [0.1, 0.15) is 27.2 Å². The molecule has 0 bridgehead atoms. The molecule has 0 spiro atoms. The van der Waals surface area contributed by atoms with E-state index in [-0.39, 0.29) is 17.5 Å². The lowest BCUT2D eigenvalue weighted by Gasteiger charge is -2.15. The molecule has 0 amide bonds. The highest BCUT2D eigenvalue weighted by Gasteiger charge is 2.32. The normalized spacial score (nSPS) is 20.4. The molecule has 6 heteroatoms. The number of rotatable bonds is 4. The van der Waals surface area contributed by atoms with Gasteiger partial charge in [-0.15, -0.1) is 23.1 Å². The molecule has 19 heavy (non-hydrogen) atoms. The van der Waals surface area contributed by atoms with Crippen molar-refractivity contribution >= 4 is 46.1 Å². The van der Waals surface area contributed by atoms with Crippen molar-refractivity contribution in [2.24, 2.45) is 10.9 Å². The lowest BCUT2D eigenvalue weighted by Crippen LogP contribution is -2.22. The molecule has 0 saturated heterocycles. The fourth-order valence-electron chi connectivity index (χ4n) is 2.54. The van der Waals surface area contributed by atoms with Crippen molar-refractivity contribution in [3.8, 4) is 0 Å². The van der Waals surface area contributed by atoms with E-state index < -0.39 is 5.97 Å². The van der Waals surface area contributed by atoms with E-state index in [1.807, 2.05) is 0 Å². The minimum absolute atomic E-state index is 0.0339. The summed E-state index contributed by atoms with van der Waals surface area (Å²) in [5, 5.41) is 9.48. The molecule has 2 heterocycles. The standard InChI is InChI=1S/C13H13NO3S2/c15-10(16)6-18-5-7-4-14-13-11(12(7)17)8-2-1-3-9(8)19-13/h4,7H,1-3,5-6H2,(H,15,16). The Labute approximate surface area is 118 Å². The molecule has 1 aliphatic carbocycles. The van der Waals surface area contributed by atoms with Crippen molar-refractivity contribution in [2.75, 3.05) is 11.5 Å². The molecule has 1 aromatic rings. The first-order chi connectivity index (χ1) is 9.16. The van der Waals surface area contributed by atoms with Gasteiger partial charge in [-0.05, 0) is 24.8 Å². The molecular weight excluding hydrogens is 282 g/mol. The summed E-state index contributed by atoms with van der Waals surface area (Å²) in [6.07, 6.45) is 4.86. The van der Waals surface area contributed by atoms with Crippen LogP contribution in [0.3, 0.4) is 0 Å². The summed E-state index contributed by atoms with van der Waals surface area (Å²) in [4.78, 5) is 28.7. The number of hydrogen-bond acceptors (Lipinski definition) is 5. The third-order valence-electron chi connectivity index (χ3n) is 3.38. The van der Waals surface area contributed by atoms with Gasteiger partial charge < -0.3 is 5.11 Å². The number of carboxylic acid groups (broad SMARTS) is 1. The lowest BCUT2D eigenvalue weighted by molar-refractivity contribution is -0.133. The van der Waals surface area contributed by atoms with E-state index in [9.17, 15) is 9.59 Å². The maximum atomic E-state index is 12.5. The highest BCUT2D eigenvalue weighted by Crippen LogP contribution is 2.43. The fourth-order valence-corrected chi connectivity index (χ4v) is 4.57. The largest absolute Gasteiger partial charge is 0.481 e. The third kappa shape index (κ3) is 2.34. The van der Waals surface area contributed by atoms with Crippen LogP contribution in [0.4, 0.5) is 5.00 Å². The minimum atomic E-state index is -0.845. The van der Waals surface area contributed by atoms with Crippen molar-refractivity contribution in [1.29, 1.82) is 0 Å². The maximum absolute atomic E-state index is 12.5. The first-order valence-corrected chi connectivity index (χ1v) is 8.16. The van der Waals surface area contributed by atoms with E-state index >= 15 is 0 Å². The van der Waals surface area contributed by atoms with E-state index in [0.717, 1.165) is 29.8 Å². The van der Waals surface area contributed by atoms with Gasteiger partial charge in [0.1, 0.15) is 5.00 Å².